The third-order valence-electron chi connectivity index (χ3n) is 5.47. The van der Waals surface area contributed by atoms with Crippen LogP contribution >= 0.6 is 46.9 Å². The number of nitrogens with zero attached hydrogens (tertiary/aromatic N) is 3. The third-order valence-corrected chi connectivity index (χ3v) is 14.7. The average Bonchev–Trinajstić information content (AvgIpc) is 3.49. The van der Waals surface area contributed by atoms with Crippen LogP contribution in [0.2, 0.25) is 0 Å². The zero-order chi connectivity index (χ0) is 37.8. The van der Waals surface area contributed by atoms with E-state index in [0.717, 1.165) is 10.9 Å². The monoisotopic (exact) mass is 844 g/mol. The smallest absolute Gasteiger partial charge is 0.490 e. The van der Waals surface area contributed by atoms with Crippen molar-refractivity contribution in [3.63, 3.8) is 0 Å². The lowest BCUT2D eigenvalue weighted by Crippen LogP contribution is -2.14. The molecule has 34 heteroatoms. The third kappa shape index (κ3) is 13.4. The van der Waals surface area contributed by atoms with Gasteiger partial charge in [0.1, 0.15) is 18.7 Å². The van der Waals surface area contributed by atoms with E-state index in [-0.39, 0.29) is 30.0 Å². The molecule has 2 aromatic heterocycles. The minimum absolute atomic E-state index is 0.0775. The predicted molar refractivity (Wildman–Crippen MR) is 161 cm³/mol. The number of aliphatic hydroxyl groups is 1. The van der Waals surface area contributed by atoms with Gasteiger partial charge in [-0.2, -0.15) is 26.5 Å². The van der Waals surface area contributed by atoms with Crippen molar-refractivity contribution in [3.8, 4) is 0 Å². The summed E-state index contributed by atoms with van der Waals surface area (Å²) in [5.41, 5.74) is 9.88. The summed E-state index contributed by atoms with van der Waals surface area (Å²) in [5, 5.41) is 10.2. The van der Waals surface area contributed by atoms with Crippen LogP contribution in [-0.4, -0.2) is 73.7 Å². The van der Waals surface area contributed by atoms with Gasteiger partial charge < -0.3 is 50.7 Å². The lowest BCUT2D eigenvalue weighted by molar-refractivity contribution is 0.0631. The molecule has 3 heterocycles. The first-order valence-electron chi connectivity index (χ1n) is 13.2. The Labute approximate surface area is 278 Å². The Morgan fingerprint density at radius 1 is 0.820 bits per heavy atom. The van der Waals surface area contributed by atoms with E-state index in [0.29, 0.717) is 25.8 Å². The number of hydrogen-bond acceptors (Lipinski definition) is 20. The van der Waals surface area contributed by atoms with Gasteiger partial charge in [-0.05, 0) is 19.4 Å². The van der Waals surface area contributed by atoms with Crippen molar-refractivity contribution >= 4 is 64.0 Å². The van der Waals surface area contributed by atoms with Crippen LogP contribution in [0.1, 0.15) is 38.3 Å². The van der Waals surface area contributed by atoms with Crippen LogP contribution in [-0.2, 0) is 62.7 Å². The van der Waals surface area contributed by atoms with Crippen molar-refractivity contribution in [2.45, 2.75) is 38.3 Å². The molecule has 3 rings (SSSR count). The van der Waals surface area contributed by atoms with Gasteiger partial charge in [0, 0.05) is 0 Å². The largest absolute Gasteiger partial charge is 0.508 e. The zero-order valence-electron chi connectivity index (χ0n) is 24.7. The molecule has 0 radical (unpaired) electrons. The van der Waals surface area contributed by atoms with Gasteiger partial charge in [0.15, 0.2) is 23.2 Å². The first-order valence-corrected chi connectivity index (χ1v) is 22.1. The van der Waals surface area contributed by atoms with Crippen LogP contribution in [0, 0.1) is 0 Å². The minimum atomic E-state index is -6.45. The fraction of sp³-hybridized carbons (Fsp3) is 0.562. The highest BCUT2D eigenvalue weighted by Gasteiger charge is 2.49. The number of rotatable bonds is 21. The first kappa shape index (κ1) is 42.7. The van der Waals surface area contributed by atoms with Crippen LogP contribution in [0.25, 0.3) is 11.2 Å². The second-order valence-electron chi connectivity index (χ2n) is 9.45. The summed E-state index contributed by atoms with van der Waals surface area (Å²) in [7, 11) is -36.6. The number of phosphoric acid groups is 6. The molecule has 0 aromatic carbocycles. The summed E-state index contributed by atoms with van der Waals surface area (Å²) in [6.45, 7) is -1.29. The Hall–Kier alpha value is -1.69. The number of H-pyrrole nitrogens is 1. The molecule has 0 bridgehead atoms. The van der Waals surface area contributed by atoms with E-state index in [4.69, 9.17) is 16.2 Å². The highest BCUT2D eigenvalue weighted by atomic mass is 31.3. The molecule has 6 unspecified atom stereocenters. The van der Waals surface area contributed by atoms with Crippen molar-refractivity contribution < 1.29 is 97.2 Å². The van der Waals surface area contributed by atoms with Crippen molar-refractivity contribution in [3.05, 3.63) is 28.2 Å². The molecular weight excluding hydrogens is 814 g/mol. The molecule has 2 aromatic rings. The van der Waals surface area contributed by atoms with Gasteiger partial charge in [0.05, 0.1) is 13.0 Å². The van der Waals surface area contributed by atoms with E-state index in [1.807, 2.05) is 0 Å². The Morgan fingerprint density at radius 3 is 1.86 bits per heavy atom. The van der Waals surface area contributed by atoms with Crippen LogP contribution < -0.4 is 17.0 Å². The number of anilines is 1. The molecule has 0 spiro atoms. The lowest BCUT2D eigenvalue weighted by atomic mass is 10.2. The van der Waals surface area contributed by atoms with Crippen molar-refractivity contribution in [2.24, 2.45) is 5.73 Å². The number of phosphoric ester groups is 2. The van der Waals surface area contributed by atoms with E-state index < -0.39 is 83.5 Å². The van der Waals surface area contributed by atoms with E-state index in [9.17, 15) is 66.7 Å². The van der Waals surface area contributed by atoms with E-state index >= 15 is 0 Å². The molecule has 12 N–H and O–H groups in total. The molecule has 1 aliphatic heterocycles. The number of imidazole rings is 1. The van der Waals surface area contributed by atoms with E-state index in [1.54, 1.807) is 0 Å². The highest BCUT2D eigenvalue weighted by Crippen LogP contribution is 2.75. The van der Waals surface area contributed by atoms with Gasteiger partial charge in [-0.1, -0.05) is 12.8 Å². The molecule has 7 atom stereocenters. The first-order chi connectivity index (χ1) is 22.8. The van der Waals surface area contributed by atoms with Gasteiger partial charge in [-0.15, -0.1) is 0 Å². The normalized spacial score (nSPS) is 22.5. The fourth-order valence-corrected chi connectivity index (χ4v) is 11.4. The molecule has 28 nitrogen and oxygen atoms in total. The van der Waals surface area contributed by atoms with Crippen molar-refractivity contribution in [1.82, 2.24) is 19.5 Å². The summed E-state index contributed by atoms with van der Waals surface area (Å²) in [4.78, 5) is 79.6. The fourth-order valence-electron chi connectivity index (χ4n) is 3.66. The van der Waals surface area contributed by atoms with Crippen LogP contribution in [0.4, 0.5) is 5.95 Å². The van der Waals surface area contributed by atoms with Gasteiger partial charge in [0.2, 0.25) is 5.95 Å². The van der Waals surface area contributed by atoms with Crippen LogP contribution in [0.15, 0.2) is 22.6 Å². The second kappa shape index (κ2) is 16.5. The summed E-state index contributed by atoms with van der Waals surface area (Å²) in [5.74, 6) is -1.45. The number of aliphatic hydroxyl groups excluding tert-OH is 1. The highest BCUT2D eigenvalue weighted by molar-refractivity contribution is 7.72. The van der Waals surface area contributed by atoms with Gasteiger partial charge >= 0.3 is 46.9 Å². The molecule has 286 valence electrons. The summed E-state index contributed by atoms with van der Waals surface area (Å²) in [6, 6.07) is 0. The van der Waals surface area contributed by atoms with Crippen molar-refractivity contribution in [2.75, 3.05) is 25.5 Å². The molecule has 0 aliphatic carbocycles. The number of nitrogen functional groups attached to an aromatic ring is 1. The van der Waals surface area contributed by atoms with E-state index in [2.05, 4.69) is 45.6 Å². The minimum Gasteiger partial charge on any atom is -0.508 e. The Balaban J connectivity index is 1.54. The molecule has 0 saturated heterocycles. The van der Waals surface area contributed by atoms with E-state index in [1.165, 1.54) is 0 Å². The molecule has 0 saturated carbocycles. The lowest BCUT2D eigenvalue weighted by Gasteiger charge is -2.21. The molecular formula is C16H30N6O22P6. The summed E-state index contributed by atoms with van der Waals surface area (Å²) >= 11 is 0. The SMILES string of the molecule is NCCCCCCOP(=O)(O)OP(=O)(O)OP(=O)(O)OP(=O)(O)OP(=O)(O)OP(=O)(O)OCC1=C(O)C[C@H](n2cnc3c(=O)[nH]c(N)nc32)O1. The summed E-state index contributed by atoms with van der Waals surface area (Å²) < 4.78 is 106. The number of aromatic nitrogens is 4. The Kier molecular flexibility index (Phi) is 14.1. The maximum Gasteiger partial charge on any atom is 0.490 e. The number of aromatic amines is 1. The van der Waals surface area contributed by atoms with Crippen LogP contribution in [0.5, 0.6) is 0 Å². The van der Waals surface area contributed by atoms with Crippen molar-refractivity contribution in [1.29, 1.82) is 0 Å². The number of hydrogen-bond donors (Lipinski definition) is 10. The average molecular weight is 844 g/mol. The number of nitrogens with two attached hydrogens (primary N) is 2. The zero-order valence-corrected chi connectivity index (χ0v) is 30.1. The van der Waals surface area contributed by atoms with Gasteiger partial charge in [0.25, 0.3) is 5.56 Å². The number of fused-ring (bicyclic) bond motifs is 1. The second-order valence-corrected chi connectivity index (χ2v) is 18.9. The topological polar surface area (TPSA) is 433 Å². The molecule has 1 aliphatic rings. The molecule has 0 fully saturated rings. The number of nitrogens with one attached hydrogen (secondary N) is 1. The maximum absolute atomic E-state index is 12.3. The summed E-state index contributed by atoms with van der Waals surface area (Å²) in [6.07, 6.45) is 1.45. The standard InChI is InChI=1S/C16H30N6O22P6/c17-5-3-1-2-4-6-37-45(25,26)40-47(29,30)42-49(33,34)44-50(35,36)43-48(31,32)41-46(27,28)38-8-11-10(23)7-12(39-11)22-9-19-13-14(22)20-16(18)21-15(13)24/h9,12,23H,1-8,17H2,(H,25,26)(H,27,28)(H,29,30)(H,31,32)(H,33,34)(H,35,36)(H3,18,20,21,24)/t12-/m1/s1. The number of unbranched alkanes of at least 4 members (excludes halogenated alkanes) is 3. The number of ether oxygens (including phenoxy) is 1. The quantitative estimate of drug-likeness (QED) is 0.0630. The van der Waals surface area contributed by atoms with Crippen LogP contribution in [0.3, 0.4) is 0 Å². The molecule has 0 amide bonds. The molecule has 50 heavy (non-hydrogen) atoms. The Bertz CT molecular complexity index is 1930. The van der Waals surface area contributed by atoms with Gasteiger partial charge in [-0.25, -0.2) is 32.4 Å². The Morgan fingerprint density at radius 2 is 1.32 bits per heavy atom. The van der Waals surface area contributed by atoms with Gasteiger partial charge in [-0.3, -0.25) is 23.4 Å². The predicted octanol–water partition coefficient (Wildman–Crippen LogP) is 1.63. The maximum atomic E-state index is 12.3.